The Morgan fingerprint density at radius 2 is 2.33 bits per heavy atom. The van der Waals surface area contributed by atoms with E-state index >= 15 is 0 Å². The normalized spacial score (nSPS) is 11.7. The summed E-state index contributed by atoms with van der Waals surface area (Å²) in [6.45, 7) is 1.87. The lowest BCUT2D eigenvalue weighted by Crippen LogP contribution is -2.42. The Hall–Kier alpha value is -1.95. The van der Waals surface area contributed by atoms with Crippen molar-refractivity contribution in [2.45, 2.75) is 25.9 Å². The van der Waals surface area contributed by atoms with Gasteiger partial charge in [0.15, 0.2) is 17.7 Å². The zero-order valence-electron chi connectivity index (χ0n) is 9.98. The van der Waals surface area contributed by atoms with Gasteiger partial charge in [-0.1, -0.05) is 13.3 Å². The highest BCUT2D eigenvalue weighted by atomic mass is 19.1. The Kier molecular flexibility index (Phi) is 5.26. The van der Waals surface area contributed by atoms with Gasteiger partial charge in [0.2, 0.25) is 0 Å². The molecule has 0 aromatic heterocycles. The van der Waals surface area contributed by atoms with Crippen LogP contribution in [0.3, 0.4) is 0 Å². The summed E-state index contributed by atoms with van der Waals surface area (Å²) in [7, 11) is 0. The second-order valence-corrected chi connectivity index (χ2v) is 3.71. The molecule has 0 radical (unpaired) electrons. The van der Waals surface area contributed by atoms with E-state index in [0.29, 0.717) is 19.1 Å². The molecule has 0 aliphatic rings. The van der Waals surface area contributed by atoms with Crippen molar-refractivity contribution in [3.8, 4) is 5.75 Å². The number of rotatable bonds is 6. The average molecular weight is 254 g/mol. The minimum Gasteiger partial charge on any atom is -0.477 e. The number of carbonyl (C=O) groups is 2. The molecule has 0 fully saturated rings. The van der Waals surface area contributed by atoms with Gasteiger partial charge in [-0.3, -0.25) is 15.0 Å². The Labute approximate surface area is 104 Å². The van der Waals surface area contributed by atoms with Crippen molar-refractivity contribution >= 4 is 12.2 Å². The fourth-order valence-corrected chi connectivity index (χ4v) is 1.44. The predicted molar refractivity (Wildman–Crippen MR) is 63.4 cm³/mol. The number of hydrogen-bond donors (Lipinski definition) is 2. The number of nitrogens with two attached hydrogens (primary N) is 1. The standard InChI is InChI=1S/C12H15FN2O3/c1-2-3-11(12(17)15-14)18-10-5-4-8(7-16)6-9(10)13/h4-7,11H,2-3,14H2,1H3,(H,15,17). The maximum atomic E-state index is 13.6. The highest BCUT2D eigenvalue weighted by Gasteiger charge is 2.20. The van der Waals surface area contributed by atoms with E-state index in [9.17, 15) is 14.0 Å². The minimum absolute atomic E-state index is 0.0809. The fraction of sp³-hybridized carbons (Fsp3) is 0.333. The van der Waals surface area contributed by atoms with E-state index in [4.69, 9.17) is 10.6 Å². The third-order valence-electron chi connectivity index (χ3n) is 2.35. The Bertz CT molecular complexity index is 437. The van der Waals surface area contributed by atoms with Gasteiger partial charge in [0, 0.05) is 5.56 Å². The van der Waals surface area contributed by atoms with Crippen LogP contribution in [-0.4, -0.2) is 18.3 Å². The van der Waals surface area contributed by atoms with Crippen molar-refractivity contribution in [3.05, 3.63) is 29.6 Å². The zero-order valence-corrected chi connectivity index (χ0v) is 9.98. The van der Waals surface area contributed by atoms with Crippen LogP contribution in [-0.2, 0) is 4.79 Å². The van der Waals surface area contributed by atoms with Crippen LogP contribution in [0.1, 0.15) is 30.1 Å². The third-order valence-corrected chi connectivity index (χ3v) is 2.35. The van der Waals surface area contributed by atoms with Gasteiger partial charge in [-0.2, -0.15) is 0 Å². The molecule has 0 saturated carbocycles. The number of benzene rings is 1. The molecule has 0 aliphatic heterocycles. The van der Waals surface area contributed by atoms with Crippen molar-refractivity contribution in [1.82, 2.24) is 5.43 Å². The van der Waals surface area contributed by atoms with Gasteiger partial charge in [0.25, 0.3) is 5.91 Å². The van der Waals surface area contributed by atoms with Crippen LogP contribution in [0, 0.1) is 5.82 Å². The number of aldehydes is 1. The minimum atomic E-state index is -0.850. The van der Waals surface area contributed by atoms with Crippen LogP contribution < -0.4 is 16.0 Å². The molecule has 5 nitrogen and oxygen atoms in total. The fourth-order valence-electron chi connectivity index (χ4n) is 1.44. The van der Waals surface area contributed by atoms with Crippen LogP contribution in [0.15, 0.2) is 18.2 Å². The van der Waals surface area contributed by atoms with Crippen LogP contribution in [0.5, 0.6) is 5.75 Å². The van der Waals surface area contributed by atoms with Crippen LogP contribution in [0.2, 0.25) is 0 Å². The lowest BCUT2D eigenvalue weighted by Gasteiger charge is -2.17. The molecule has 1 amide bonds. The van der Waals surface area contributed by atoms with E-state index in [1.165, 1.54) is 12.1 Å². The summed E-state index contributed by atoms with van der Waals surface area (Å²) in [5.41, 5.74) is 2.17. The Morgan fingerprint density at radius 3 is 2.83 bits per heavy atom. The number of carbonyl (C=O) groups excluding carboxylic acids is 2. The number of hydrazine groups is 1. The van der Waals surface area contributed by atoms with Crippen molar-refractivity contribution in [3.63, 3.8) is 0 Å². The molecule has 0 bridgehead atoms. The van der Waals surface area contributed by atoms with E-state index in [-0.39, 0.29) is 11.3 Å². The predicted octanol–water partition coefficient (Wildman–Crippen LogP) is 1.18. The molecule has 3 N–H and O–H groups in total. The van der Waals surface area contributed by atoms with Crippen molar-refractivity contribution < 1.29 is 18.7 Å². The molecule has 0 heterocycles. The maximum Gasteiger partial charge on any atom is 0.274 e. The summed E-state index contributed by atoms with van der Waals surface area (Å²) in [6, 6.07) is 3.77. The number of hydrogen-bond acceptors (Lipinski definition) is 4. The molecule has 0 aliphatic carbocycles. The van der Waals surface area contributed by atoms with Gasteiger partial charge in [0.1, 0.15) is 6.29 Å². The number of halogens is 1. The van der Waals surface area contributed by atoms with Crippen LogP contribution >= 0.6 is 0 Å². The smallest absolute Gasteiger partial charge is 0.274 e. The van der Waals surface area contributed by atoms with Crippen molar-refractivity contribution in [2.75, 3.05) is 0 Å². The molecule has 18 heavy (non-hydrogen) atoms. The highest BCUT2D eigenvalue weighted by molar-refractivity contribution is 5.80. The summed E-state index contributed by atoms with van der Waals surface area (Å²) in [4.78, 5) is 21.9. The summed E-state index contributed by atoms with van der Waals surface area (Å²) >= 11 is 0. The number of ether oxygens (including phenoxy) is 1. The zero-order chi connectivity index (χ0) is 13.5. The second-order valence-electron chi connectivity index (χ2n) is 3.71. The first kappa shape index (κ1) is 14.1. The van der Waals surface area contributed by atoms with E-state index in [1.807, 2.05) is 12.3 Å². The molecule has 1 atom stereocenters. The van der Waals surface area contributed by atoms with Gasteiger partial charge in [-0.25, -0.2) is 10.2 Å². The van der Waals surface area contributed by atoms with Gasteiger partial charge in [-0.15, -0.1) is 0 Å². The number of amides is 1. The third kappa shape index (κ3) is 3.53. The largest absolute Gasteiger partial charge is 0.477 e. The van der Waals surface area contributed by atoms with Crippen molar-refractivity contribution in [1.29, 1.82) is 0 Å². The van der Waals surface area contributed by atoms with E-state index in [2.05, 4.69) is 0 Å². The van der Waals surface area contributed by atoms with Gasteiger partial charge >= 0.3 is 0 Å². The van der Waals surface area contributed by atoms with E-state index < -0.39 is 17.8 Å². The molecule has 1 rings (SSSR count). The molecule has 0 saturated heterocycles. The molecule has 1 unspecified atom stereocenters. The van der Waals surface area contributed by atoms with Crippen molar-refractivity contribution in [2.24, 2.45) is 5.84 Å². The van der Waals surface area contributed by atoms with E-state index in [0.717, 1.165) is 6.07 Å². The van der Waals surface area contributed by atoms with Crippen LogP contribution in [0.4, 0.5) is 4.39 Å². The Balaban J connectivity index is 2.86. The topological polar surface area (TPSA) is 81.4 Å². The summed E-state index contributed by atoms with van der Waals surface area (Å²) in [6.07, 6.45) is 0.782. The molecule has 1 aromatic carbocycles. The summed E-state index contributed by atoms with van der Waals surface area (Å²) in [5.74, 6) is 3.73. The molecular formula is C12H15FN2O3. The SMILES string of the molecule is CCCC(Oc1ccc(C=O)cc1F)C(=O)NN. The number of nitrogens with one attached hydrogen (secondary N) is 1. The molecule has 1 aromatic rings. The quantitative estimate of drug-likeness (QED) is 0.345. The lowest BCUT2D eigenvalue weighted by atomic mass is 10.2. The molecule has 6 heteroatoms. The molecular weight excluding hydrogens is 239 g/mol. The lowest BCUT2D eigenvalue weighted by molar-refractivity contribution is -0.128. The van der Waals surface area contributed by atoms with Gasteiger partial charge in [0.05, 0.1) is 0 Å². The van der Waals surface area contributed by atoms with Crippen LogP contribution in [0.25, 0.3) is 0 Å². The first-order valence-corrected chi connectivity index (χ1v) is 5.54. The molecule has 0 spiro atoms. The second kappa shape index (κ2) is 6.70. The monoisotopic (exact) mass is 254 g/mol. The summed E-state index contributed by atoms with van der Waals surface area (Å²) in [5, 5.41) is 0. The maximum absolute atomic E-state index is 13.6. The van der Waals surface area contributed by atoms with Gasteiger partial charge in [-0.05, 0) is 24.6 Å². The summed E-state index contributed by atoms with van der Waals surface area (Å²) < 4.78 is 18.8. The average Bonchev–Trinajstić information content (AvgIpc) is 2.39. The first-order chi connectivity index (χ1) is 8.62. The highest BCUT2D eigenvalue weighted by Crippen LogP contribution is 2.20. The first-order valence-electron chi connectivity index (χ1n) is 5.54. The Morgan fingerprint density at radius 1 is 1.61 bits per heavy atom. The van der Waals surface area contributed by atoms with E-state index in [1.54, 1.807) is 0 Å². The molecule has 98 valence electrons. The van der Waals surface area contributed by atoms with Gasteiger partial charge < -0.3 is 4.74 Å².